The topological polar surface area (TPSA) is 79.4 Å². The SMILES string of the molecule is CCOC(=O)N1CCN(C(=O)C2CC(=O)N(CC3CCCO3)C2)CC1. The summed E-state index contributed by atoms with van der Waals surface area (Å²) in [6.07, 6.45) is 2.10. The van der Waals surface area contributed by atoms with Gasteiger partial charge in [0, 0.05) is 52.3 Å². The van der Waals surface area contributed by atoms with Crippen LogP contribution < -0.4 is 0 Å². The van der Waals surface area contributed by atoms with Crippen LogP contribution in [0.15, 0.2) is 0 Å². The Morgan fingerprint density at radius 1 is 1.20 bits per heavy atom. The number of nitrogens with zero attached hydrogens (tertiary/aromatic N) is 3. The first kappa shape index (κ1) is 18.0. The van der Waals surface area contributed by atoms with Crippen molar-refractivity contribution < 1.29 is 23.9 Å². The Bertz CT molecular complexity index is 512. The van der Waals surface area contributed by atoms with E-state index < -0.39 is 0 Å². The van der Waals surface area contributed by atoms with E-state index in [1.54, 1.807) is 21.6 Å². The van der Waals surface area contributed by atoms with Crippen molar-refractivity contribution in [3.05, 3.63) is 0 Å². The lowest BCUT2D eigenvalue weighted by atomic mass is 10.1. The largest absolute Gasteiger partial charge is 0.450 e. The normalized spacial score (nSPS) is 27.1. The van der Waals surface area contributed by atoms with Crippen molar-refractivity contribution in [1.29, 1.82) is 0 Å². The van der Waals surface area contributed by atoms with Crippen molar-refractivity contribution in [1.82, 2.24) is 14.7 Å². The van der Waals surface area contributed by atoms with E-state index in [1.807, 2.05) is 0 Å². The minimum atomic E-state index is -0.326. The minimum absolute atomic E-state index is 0.0201. The lowest BCUT2D eigenvalue weighted by Crippen LogP contribution is -2.52. The number of piperazine rings is 1. The number of rotatable bonds is 4. The number of carbonyl (C=O) groups is 3. The number of hydrogen-bond acceptors (Lipinski definition) is 5. The van der Waals surface area contributed by atoms with Crippen LogP contribution in [-0.4, -0.2) is 91.2 Å². The fraction of sp³-hybridized carbons (Fsp3) is 0.824. The molecular formula is C17H27N3O5. The average Bonchev–Trinajstić information content (AvgIpc) is 3.25. The van der Waals surface area contributed by atoms with Crippen LogP contribution >= 0.6 is 0 Å². The third-order valence-electron chi connectivity index (χ3n) is 5.13. The Labute approximate surface area is 148 Å². The second kappa shape index (κ2) is 8.03. The van der Waals surface area contributed by atoms with E-state index in [0.29, 0.717) is 45.9 Å². The smallest absolute Gasteiger partial charge is 0.409 e. The van der Waals surface area contributed by atoms with Gasteiger partial charge in [-0.05, 0) is 19.8 Å². The molecule has 2 atom stereocenters. The van der Waals surface area contributed by atoms with Crippen LogP contribution in [0, 0.1) is 5.92 Å². The molecule has 2 unspecified atom stereocenters. The van der Waals surface area contributed by atoms with Gasteiger partial charge in [0.1, 0.15) is 0 Å². The molecule has 3 amide bonds. The molecule has 0 aromatic rings. The van der Waals surface area contributed by atoms with Crippen LogP contribution in [0.5, 0.6) is 0 Å². The van der Waals surface area contributed by atoms with Crippen LogP contribution in [0.25, 0.3) is 0 Å². The minimum Gasteiger partial charge on any atom is -0.450 e. The first-order chi connectivity index (χ1) is 12.1. The van der Waals surface area contributed by atoms with E-state index in [-0.39, 0.29) is 36.4 Å². The van der Waals surface area contributed by atoms with Crippen LogP contribution in [0.2, 0.25) is 0 Å². The molecule has 3 saturated heterocycles. The highest BCUT2D eigenvalue weighted by Gasteiger charge is 2.38. The maximum absolute atomic E-state index is 12.7. The summed E-state index contributed by atoms with van der Waals surface area (Å²) in [6, 6.07) is 0. The van der Waals surface area contributed by atoms with Gasteiger partial charge in [-0.3, -0.25) is 9.59 Å². The van der Waals surface area contributed by atoms with Crippen LogP contribution in [0.4, 0.5) is 4.79 Å². The van der Waals surface area contributed by atoms with Gasteiger partial charge in [-0.25, -0.2) is 4.79 Å². The molecule has 3 aliphatic heterocycles. The summed E-state index contributed by atoms with van der Waals surface area (Å²) in [4.78, 5) is 41.8. The van der Waals surface area contributed by atoms with Crippen LogP contribution in [-0.2, 0) is 19.1 Å². The molecular weight excluding hydrogens is 326 g/mol. The summed E-state index contributed by atoms with van der Waals surface area (Å²) >= 11 is 0. The first-order valence-electron chi connectivity index (χ1n) is 9.18. The fourth-order valence-corrected chi connectivity index (χ4v) is 3.73. The number of carbonyl (C=O) groups excluding carboxylic acids is 3. The summed E-state index contributed by atoms with van der Waals surface area (Å²) in [5.41, 5.74) is 0. The van der Waals surface area contributed by atoms with Crippen molar-refractivity contribution in [3.63, 3.8) is 0 Å². The molecule has 8 heteroatoms. The van der Waals surface area contributed by atoms with Crippen molar-refractivity contribution in [3.8, 4) is 0 Å². The summed E-state index contributed by atoms with van der Waals surface area (Å²) in [7, 11) is 0. The van der Waals surface area contributed by atoms with E-state index in [4.69, 9.17) is 9.47 Å². The molecule has 0 aromatic heterocycles. The molecule has 8 nitrogen and oxygen atoms in total. The summed E-state index contributed by atoms with van der Waals surface area (Å²) < 4.78 is 10.6. The molecule has 0 bridgehead atoms. The Hall–Kier alpha value is -1.83. The fourth-order valence-electron chi connectivity index (χ4n) is 3.73. The lowest BCUT2D eigenvalue weighted by molar-refractivity contribution is -0.137. The van der Waals surface area contributed by atoms with Gasteiger partial charge in [-0.1, -0.05) is 0 Å². The summed E-state index contributed by atoms with van der Waals surface area (Å²) in [6.45, 7) is 5.91. The Kier molecular flexibility index (Phi) is 5.78. The standard InChI is InChI=1S/C17H27N3O5/c1-2-24-17(23)19-7-5-18(6-8-19)16(22)13-10-15(21)20(11-13)12-14-4-3-9-25-14/h13-14H,2-12H2,1H3. The summed E-state index contributed by atoms with van der Waals surface area (Å²) in [5.74, 6) is -0.214. The molecule has 0 spiro atoms. The predicted octanol–water partition coefficient (Wildman–Crippen LogP) is 0.315. The number of ether oxygens (including phenoxy) is 2. The van der Waals surface area contributed by atoms with Crippen molar-refractivity contribution in [2.45, 2.75) is 32.3 Å². The van der Waals surface area contributed by atoms with Gasteiger partial charge in [-0.2, -0.15) is 0 Å². The zero-order valence-electron chi connectivity index (χ0n) is 14.8. The van der Waals surface area contributed by atoms with Crippen LogP contribution in [0.1, 0.15) is 26.2 Å². The number of hydrogen-bond donors (Lipinski definition) is 0. The zero-order chi connectivity index (χ0) is 17.8. The highest BCUT2D eigenvalue weighted by Crippen LogP contribution is 2.23. The molecule has 0 aliphatic carbocycles. The van der Waals surface area contributed by atoms with Crippen molar-refractivity contribution in [2.24, 2.45) is 5.92 Å². The van der Waals surface area contributed by atoms with Gasteiger partial charge in [-0.15, -0.1) is 0 Å². The van der Waals surface area contributed by atoms with Crippen LogP contribution in [0.3, 0.4) is 0 Å². The van der Waals surface area contributed by atoms with Gasteiger partial charge in [0.05, 0.1) is 18.6 Å². The average molecular weight is 353 g/mol. The maximum Gasteiger partial charge on any atom is 0.409 e. The molecule has 3 rings (SSSR count). The zero-order valence-corrected chi connectivity index (χ0v) is 14.8. The molecule has 3 heterocycles. The molecule has 0 N–H and O–H groups in total. The van der Waals surface area contributed by atoms with E-state index in [1.165, 1.54) is 0 Å². The van der Waals surface area contributed by atoms with Crippen molar-refractivity contribution >= 4 is 17.9 Å². The second-order valence-corrected chi connectivity index (χ2v) is 6.85. The quantitative estimate of drug-likeness (QED) is 0.727. The highest BCUT2D eigenvalue weighted by molar-refractivity contribution is 5.89. The molecule has 3 fully saturated rings. The third-order valence-corrected chi connectivity index (χ3v) is 5.13. The van der Waals surface area contributed by atoms with E-state index >= 15 is 0 Å². The van der Waals surface area contributed by atoms with E-state index in [0.717, 1.165) is 19.4 Å². The predicted molar refractivity (Wildman–Crippen MR) is 88.8 cm³/mol. The highest BCUT2D eigenvalue weighted by atomic mass is 16.6. The van der Waals surface area contributed by atoms with Gasteiger partial charge < -0.3 is 24.2 Å². The molecule has 140 valence electrons. The Morgan fingerprint density at radius 2 is 1.92 bits per heavy atom. The molecule has 25 heavy (non-hydrogen) atoms. The van der Waals surface area contributed by atoms with E-state index in [2.05, 4.69) is 0 Å². The second-order valence-electron chi connectivity index (χ2n) is 6.85. The number of amides is 3. The Morgan fingerprint density at radius 3 is 2.56 bits per heavy atom. The molecule has 0 radical (unpaired) electrons. The van der Waals surface area contributed by atoms with Gasteiger partial charge in [0.15, 0.2) is 0 Å². The number of likely N-dealkylation sites (tertiary alicyclic amines) is 1. The molecule has 0 aromatic carbocycles. The maximum atomic E-state index is 12.7. The molecule has 3 aliphatic rings. The summed E-state index contributed by atoms with van der Waals surface area (Å²) in [5, 5.41) is 0. The lowest BCUT2D eigenvalue weighted by Gasteiger charge is -2.35. The van der Waals surface area contributed by atoms with Crippen molar-refractivity contribution in [2.75, 3.05) is 52.5 Å². The van der Waals surface area contributed by atoms with Gasteiger partial charge in [0.25, 0.3) is 0 Å². The molecule has 0 saturated carbocycles. The monoisotopic (exact) mass is 353 g/mol. The third kappa shape index (κ3) is 4.23. The van der Waals surface area contributed by atoms with E-state index in [9.17, 15) is 14.4 Å². The van der Waals surface area contributed by atoms with Gasteiger partial charge >= 0.3 is 6.09 Å². The van der Waals surface area contributed by atoms with Gasteiger partial charge in [0.2, 0.25) is 11.8 Å². The first-order valence-corrected chi connectivity index (χ1v) is 9.18. The Balaban J connectivity index is 1.47.